The second kappa shape index (κ2) is 4.42. The summed E-state index contributed by atoms with van der Waals surface area (Å²) in [5, 5.41) is 2.60. The Morgan fingerprint density at radius 2 is 2.33 bits per heavy atom. The Balaban J connectivity index is 2.47. The maximum Gasteiger partial charge on any atom is 0.309 e. The van der Waals surface area contributed by atoms with Crippen molar-refractivity contribution in [3.8, 4) is 0 Å². The summed E-state index contributed by atoms with van der Waals surface area (Å²) in [6.07, 6.45) is 1.59. The van der Waals surface area contributed by atoms with Gasteiger partial charge in [0.25, 0.3) is 0 Å². The van der Waals surface area contributed by atoms with E-state index < -0.39 is 17.6 Å². The van der Waals surface area contributed by atoms with Gasteiger partial charge in [0, 0.05) is 6.21 Å². The number of hydrogen-bond donors (Lipinski definition) is 1. The predicted molar refractivity (Wildman–Crippen MR) is 55.8 cm³/mol. The molecule has 0 aliphatic carbocycles. The largest absolute Gasteiger partial charge is 0.460 e. The Labute approximate surface area is 88.9 Å². The summed E-state index contributed by atoms with van der Waals surface area (Å²) in [6, 6.07) is -0.631. The SMILES string of the molecule is CC(C)(C)OC(=O)C[C@H]1N=CCNC1=O. The van der Waals surface area contributed by atoms with Crippen LogP contribution >= 0.6 is 0 Å². The second-order valence-corrected chi connectivity index (χ2v) is 4.38. The lowest BCUT2D eigenvalue weighted by atomic mass is 10.1. The zero-order valence-corrected chi connectivity index (χ0v) is 9.24. The van der Waals surface area contributed by atoms with Crippen molar-refractivity contribution in [2.24, 2.45) is 4.99 Å². The Morgan fingerprint density at radius 3 is 2.87 bits per heavy atom. The number of amides is 1. The number of rotatable bonds is 2. The average molecular weight is 212 g/mol. The summed E-state index contributed by atoms with van der Waals surface area (Å²) in [6.45, 7) is 5.79. The molecule has 0 bridgehead atoms. The molecule has 1 aliphatic heterocycles. The van der Waals surface area contributed by atoms with E-state index in [4.69, 9.17) is 4.74 Å². The molecule has 0 spiro atoms. The summed E-state index contributed by atoms with van der Waals surface area (Å²) in [4.78, 5) is 26.6. The third kappa shape index (κ3) is 4.10. The fourth-order valence-electron chi connectivity index (χ4n) is 1.20. The topological polar surface area (TPSA) is 67.8 Å². The van der Waals surface area contributed by atoms with Crippen LogP contribution in [0.2, 0.25) is 0 Å². The zero-order valence-electron chi connectivity index (χ0n) is 9.24. The van der Waals surface area contributed by atoms with Gasteiger partial charge in [0.1, 0.15) is 11.6 Å². The van der Waals surface area contributed by atoms with E-state index in [1.807, 2.05) is 0 Å². The van der Waals surface area contributed by atoms with E-state index in [0.717, 1.165) is 0 Å². The van der Waals surface area contributed by atoms with Gasteiger partial charge in [-0.05, 0) is 20.8 Å². The van der Waals surface area contributed by atoms with Crippen LogP contribution in [0, 0.1) is 0 Å². The van der Waals surface area contributed by atoms with Gasteiger partial charge in [-0.2, -0.15) is 0 Å². The van der Waals surface area contributed by atoms with Gasteiger partial charge < -0.3 is 10.1 Å². The number of carbonyl (C=O) groups is 2. The number of aliphatic imine (C=N–C) groups is 1. The van der Waals surface area contributed by atoms with Gasteiger partial charge in [-0.15, -0.1) is 0 Å². The molecule has 0 aromatic carbocycles. The predicted octanol–water partition coefficient (Wildman–Crippen LogP) is 0.287. The molecule has 0 saturated heterocycles. The van der Waals surface area contributed by atoms with Crippen molar-refractivity contribution in [2.75, 3.05) is 6.54 Å². The van der Waals surface area contributed by atoms with Crippen LogP contribution < -0.4 is 5.32 Å². The fourth-order valence-corrected chi connectivity index (χ4v) is 1.20. The van der Waals surface area contributed by atoms with E-state index in [0.29, 0.717) is 6.54 Å². The lowest BCUT2D eigenvalue weighted by Crippen LogP contribution is -2.40. The Morgan fingerprint density at radius 1 is 1.67 bits per heavy atom. The van der Waals surface area contributed by atoms with E-state index in [1.165, 1.54) is 0 Å². The Hall–Kier alpha value is -1.39. The van der Waals surface area contributed by atoms with Crippen molar-refractivity contribution in [1.82, 2.24) is 5.32 Å². The smallest absolute Gasteiger partial charge is 0.309 e. The molecule has 1 heterocycles. The maximum atomic E-state index is 11.4. The summed E-state index contributed by atoms with van der Waals surface area (Å²) in [5.74, 6) is -0.620. The van der Waals surface area contributed by atoms with Crippen LogP contribution in [0.25, 0.3) is 0 Å². The van der Waals surface area contributed by atoms with Crippen LogP contribution in [0.3, 0.4) is 0 Å². The van der Waals surface area contributed by atoms with Crippen molar-refractivity contribution in [1.29, 1.82) is 0 Å². The highest BCUT2D eigenvalue weighted by molar-refractivity contribution is 5.91. The molecule has 15 heavy (non-hydrogen) atoms. The highest BCUT2D eigenvalue weighted by Gasteiger charge is 2.25. The van der Waals surface area contributed by atoms with Crippen LogP contribution in [0.1, 0.15) is 27.2 Å². The number of ether oxygens (including phenoxy) is 1. The van der Waals surface area contributed by atoms with Crippen molar-refractivity contribution in [3.05, 3.63) is 0 Å². The van der Waals surface area contributed by atoms with Crippen molar-refractivity contribution < 1.29 is 14.3 Å². The average Bonchev–Trinajstić information content (AvgIpc) is 2.05. The zero-order chi connectivity index (χ0) is 11.5. The number of nitrogens with one attached hydrogen (secondary N) is 1. The van der Waals surface area contributed by atoms with E-state index >= 15 is 0 Å². The molecule has 5 nitrogen and oxygen atoms in total. The van der Waals surface area contributed by atoms with Gasteiger partial charge in [-0.1, -0.05) is 0 Å². The van der Waals surface area contributed by atoms with Crippen LogP contribution in [-0.4, -0.2) is 36.3 Å². The minimum Gasteiger partial charge on any atom is -0.460 e. The second-order valence-electron chi connectivity index (χ2n) is 4.38. The molecule has 1 rings (SSSR count). The maximum absolute atomic E-state index is 11.4. The first-order chi connectivity index (χ1) is 6.88. The van der Waals surface area contributed by atoms with Crippen LogP contribution in [0.4, 0.5) is 0 Å². The summed E-state index contributed by atoms with van der Waals surface area (Å²) < 4.78 is 5.10. The molecule has 0 radical (unpaired) electrons. The first-order valence-corrected chi connectivity index (χ1v) is 4.90. The molecular formula is C10H16N2O3. The van der Waals surface area contributed by atoms with Crippen LogP contribution in [0.5, 0.6) is 0 Å². The third-order valence-corrected chi connectivity index (χ3v) is 1.74. The van der Waals surface area contributed by atoms with Crippen molar-refractivity contribution >= 4 is 18.1 Å². The van der Waals surface area contributed by atoms with E-state index in [-0.39, 0.29) is 12.3 Å². The van der Waals surface area contributed by atoms with Crippen LogP contribution in [-0.2, 0) is 14.3 Å². The van der Waals surface area contributed by atoms with Crippen molar-refractivity contribution in [2.45, 2.75) is 38.8 Å². The summed E-state index contributed by atoms with van der Waals surface area (Å²) in [7, 11) is 0. The fraction of sp³-hybridized carbons (Fsp3) is 0.700. The Kier molecular flexibility index (Phi) is 3.44. The summed E-state index contributed by atoms with van der Waals surface area (Å²) in [5.41, 5.74) is -0.522. The van der Waals surface area contributed by atoms with Gasteiger partial charge in [-0.25, -0.2) is 0 Å². The minimum atomic E-state index is -0.631. The van der Waals surface area contributed by atoms with Gasteiger partial charge in [0.2, 0.25) is 5.91 Å². The van der Waals surface area contributed by atoms with Gasteiger partial charge in [-0.3, -0.25) is 14.6 Å². The number of nitrogens with zero attached hydrogens (tertiary/aromatic N) is 1. The quantitative estimate of drug-likeness (QED) is 0.669. The number of carbonyl (C=O) groups excluding carboxylic acids is 2. The minimum absolute atomic E-state index is 0.000394. The highest BCUT2D eigenvalue weighted by Crippen LogP contribution is 2.11. The standard InChI is InChI=1S/C10H16N2O3/c1-10(2,3)15-8(13)6-7-9(14)12-5-4-11-7/h4,7H,5-6H2,1-3H3,(H,12,14)/t7-/m1/s1. The van der Waals surface area contributed by atoms with E-state index in [2.05, 4.69) is 10.3 Å². The van der Waals surface area contributed by atoms with E-state index in [1.54, 1.807) is 27.0 Å². The molecule has 1 N–H and O–H groups in total. The van der Waals surface area contributed by atoms with Gasteiger partial charge >= 0.3 is 5.97 Å². The molecule has 84 valence electrons. The molecule has 0 aromatic rings. The van der Waals surface area contributed by atoms with E-state index in [9.17, 15) is 9.59 Å². The molecule has 0 fully saturated rings. The molecule has 1 atom stereocenters. The lowest BCUT2D eigenvalue weighted by Gasteiger charge is -2.21. The number of hydrogen-bond acceptors (Lipinski definition) is 4. The number of esters is 1. The molecule has 0 saturated carbocycles. The first-order valence-electron chi connectivity index (χ1n) is 4.90. The third-order valence-electron chi connectivity index (χ3n) is 1.74. The molecule has 0 unspecified atom stereocenters. The molecular weight excluding hydrogens is 196 g/mol. The Bertz CT molecular complexity index is 292. The summed E-state index contributed by atoms with van der Waals surface area (Å²) >= 11 is 0. The van der Waals surface area contributed by atoms with Gasteiger partial charge in [0.05, 0.1) is 13.0 Å². The first kappa shape index (κ1) is 11.7. The monoisotopic (exact) mass is 212 g/mol. The van der Waals surface area contributed by atoms with Crippen LogP contribution in [0.15, 0.2) is 4.99 Å². The normalized spacial score (nSPS) is 21.0. The van der Waals surface area contributed by atoms with Crippen molar-refractivity contribution in [3.63, 3.8) is 0 Å². The molecule has 5 heteroatoms. The molecule has 0 aromatic heterocycles. The molecule has 1 amide bonds. The van der Waals surface area contributed by atoms with Gasteiger partial charge in [0.15, 0.2) is 0 Å². The lowest BCUT2D eigenvalue weighted by molar-refractivity contribution is -0.156. The molecule has 1 aliphatic rings. The highest BCUT2D eigenvalue weighted by atomic mass is 16.6.